The number of carbonyl (C=O) groups excluding carboxylic acids is 5. The molecule has 2 saturated heterocycles. The third-order valence-corrected chi connectivity index (χ3v) is 9.66. The van der Waals surface area contributed by atoms with Gasteiger partial charge in [0.25, 0.3) is 0 Å². The first-order valence-electron chi connectivity index (χ1n) is 18.4. The van der Waals surface area contributed by atoms with Gasteiger partial charge >= 0.3 is 11.9 Å². The number of likely N-dealkylation sites (tertiary alicyclic amines) is 1. The van der Waals surface area contributed by atoms with E-state index >= 15 is 0 Å². The number of hydrogen-bond donors (Lipinski definition) is 8. The number of aliphatic imine (C=N–C) groups is 1. The molecule has 18 nitrogen and oxygen atoms in total. The lowest BCUT2D eigenvalue weighted by Crippen LogP contribution is -2.61. The van der Waals surface area contributed by atoms with Crippen LogP contribution in [0.4, 0.5) is 0 Å². The van der Waals surface area contributed by atoms with E-state index in [0.29, 0.717) is 31.4 Å². The first-order valence-corrected chi connectivity index (χ1v) is 18.4. The van der Waals surface area contributed by atoms with Gasteiger partial charge in [-0.05, 0) is 67.8 Å². The maximum absolute atomic E-state index is 14.0. The lowest BCUT2D eigenvalue weighted by Gasteiger charge is -2.37. The molecule has 0 bridgehead atoms. The van der Waals surface area contributed by atoms with Gasteiger partial charge in [0.2, 0.25) is 29.5 Å². The van der Waals surface area contributed by atoms with Crippen molar-refractivity contribution in [2.45, 2.75) is 88.0 Å². The van der Waals surface area contributed by atoms with Crippen molar-refractivity contribution in [3.8, 4) is 0 Å². The number of aliphatic carboxylic acids is 2. The lowest BCUT2D eigenvalue weighted by molar-refractivity contribution is -0.149. The molecule has 2 fully saturated rings. The summed E-state index contributed by atoms with van der Waals surface area (Å²) in [4.78, 5) is 97.7. The van der Waals surface area contributed by atoms with Gasteiger partial charge in [0, 0.05) is 26.6 Å². The number of piperidine rings is 1. The second-order valence-electron chi connectivity index (χ2n) is 13.9. The second kappa shape index (κ2) is 20.1. The van der Waals surface area contributed by atoms with Crippen LogP contribution in [-0.4, -0.2) is 131 Å². The van der Waals surface area contributed by atoms with Crippen LogP contribution in [0.3, 0.4) is 0 Å². The topological polar surface area (TPSA) is 279 Å². The molecule has 2 aliphatic rings. The number of nitrogens with two attached hydrogens (primary N) is 2. The molecule has 2 aliphatic heterocycles. The third-order valence-electron chi connectivity index (χ3n) is 9.66. The van der Waals surface area contributed by atoms with Gasteiger partial charge in [-0.2, -0.15) is 0 Å². The Hall–Kier alpha value is -5.78. The van der Waals surface area contributed by atoms with Crippen molar-refractivity contribution in [3.05, 3.63) is 48.0 Å². The largest absolute Gasteiger partial charge is 0.481 e. The molecule has 10 N–H and O–H groups in total. The molecule has 5 amide bonds. The van der Waals surface area contributed by atoms with Crippen molar-refractivity contribution in [2.24, 2.45) is 16.5 Å². The molecule has 18 heteroatoms. The van der Waals surface area contributed by atoms with Crippen LogP contribution >= 0.6 is 0 Å². The molecule has 0 radical (unpaired) electrons. The van der Waals surface area contributed by atoms with Gasteiger partial charge in [0.05, 0.1) is 19.0 Å². The number of carboxylic acid groups (broad SMARTS) is 2. The van der Waals surface area contributed by atoms with E-state index in [1.807, 2.05) is 36.4 Å². The zero-order chi connectivity index (χ0) is 40.1. The normalized spacial score (nSPS) is 18.3. The summed E-state index contributed by atoms with van der Waals surface area (Å²) < 4.78 is 0. The highest BCUT2D eigenvalue weighted by atomic mass is 16.4. The molecule has 2 aromatic rings. The van der Waals surface area contributed by atoms with E-state index < -0.39 is 78.7 Å². The number of likely N-dealkylation sites (N-methyl/N-ethyl adjacent to an activating group) is 1. The number of amides is 5. The first-order chi connectivity index (χ1) is 26.2. The predicted molar refractivity (Wildman–Crippen MR) is 201 cm³/mol. The molecule has 2 heterocycles. The average molecular weight is 766 g/mol. The van der Waals surface area contributed by atoms with Crippen LogP contribution in [-0.2, 0) is 40.0 Å². The highest BCUT2D eigenvalue weighted by Crippen LogP contribution is 2.21. The van der Waals surface area contributed by atoms with Crippen molar-refractivity contribution in [1.29, 1.82) is 0 Å². The quantitative estimate of drug-likeness (QED) is 0.0518. The van der Waals surface area contributed by atoms with Crippen LogP contribution in [0.25, 0.3) is 10.8 Å². The molecular formula is C37H51N9O9. The molecule has 55 heavy (non-hydrogen) atoms. The Morgan fingerprint density at radius 3 is 2.35 bits per heavy atom. The molecule has 0 saturated carbocycles. The number of carboxylic acids is 2. The Balaban J connectivity index is 1.52. The van der Waals surface area contributed by atoms with Crippen molar-refractivity contribution < 1.29 is 43.8 Å². The number of rotatable bonds is 18. The number of fused-ring (bicyclic) bond motifs is 1. The van der Waals surface area contributed by atoms with E-state index in [1.165, 1.54) is 16.8 Å². The summed E-state index contributed by atoms with van der Waals surface area (Å²) in [7, 11) is 1.44. The fourth-order valence-electron chi connectivity index (χ4n) is 6.85. The monoisotopic (exact) mass is 765 g/mol. The Labute approximate surface area is 318 Å². The zero-order valence-corrected chi connectivity index (χ0v) is 30.9. The fraction of sp³-hybridized carbons (Fsp3) is 0.514. The summed E-state index contributed by atoms with van der Waals surface area (Å²) >= 11 is 0. The van der Waals surface area contributed by atoms with Gasteiger partial charge in [-0.15, -0.1) is 0 Å². The van der Waals surface area contributed by atoms with Crippen molar-refractivity contribution in [3.63, 3.8) is 0 Å². The molecule has 2 aromatic carbocycles. The Morgan fingerprint density at radius 1 is 0.927 bits per heavy atom. The molecular weight excluding hydrogens is 714 g/mol. The van der Waals surface area contributed by atoms with Crippen LogP contribution in [0, 0.1) is 0 Å². The molecule has 4 rings (SSSR count). The summed E-state index contributed by atoms with van der Waals surface area (Å²) in [5.41, 5.74) is 11.4. The van der Waals surface area contributed by atoms with Crippen molar-refractivity contribution >= 4 is 58.2 Å². The summed E-state index contributed by atoms with van der Waals surface area (Å²) in [6, 6.07) is 7.37. The van der Waals surface area contributed by atoms with Crippen LogP contribution in [0.2, 0.25) is 0 Å². The highest BCUT2D eigenvalue weighted by molar-refractivity contribution is 5.97. The van der Waals surface area contributed by atoms with Crippen molar-refractivity contribution in [1.82, 2.24) is 31.1 Å². The maximum Gasteiger partial charge on any atom is 0.326 e. The van der Waals surface area contributed by atoms with Crippen molar-refractivity contribution in [2.75, 3.05) is 33.2 Å². The molecule has 5 atom stereocenters. The number of nitrogens with zero attached hydrogens (tertiary/aromatic N) is 3. The maximum atomic E-state index is 14.0. The smallest absolute Gasteiger partial charge is 0.326 e. The van der Waals surface area contributed by atoms with E-state index in [0.717, 1.165) is 17.2 Å². The second-order valence-corrected chi connectivity index (χ2v) is 13.9. The van der Waals surface area contributed by atoms with Gasteiger partial charge < -0.3 is 52.7 Å². The van der Waals surface area contributed by atoms with E-state index in [-0.39, 0.29) is 50.6 Å². The van der Waals surface area contributed by atoms with Crippen LogP contribution < -0.4 is 32.7 Å². The van der Waals surface area contributed by atoms with Crippen LogP contribution in [0.15, 0.2) is 47.5 Å². The third kappa shape index (κ3) is 12.4. The number of guanidine groups is 1. The van der Waals surface area contributed by atoms with E-state index in [2.05, 4.69) is 26.3 Å². The fourth-order valence-corrected chi connectivity index (χ4v) is 6.85. The van der Waals surface area contributed by atoms with Gasteiger partial charge in [0.15, 0.2) is 5.96 Å². The average Bonchev–Trinajstić information content (AvgIpc) is 3.69. The minimum atomic E-state index is -1.54. The SMILES string of the molecule is CN(CC(=O)N[C@H](CC(=O)O)C(=O)N1CCCC[C@H]1C(=O)N[C@@H](Cc1ccc2ccccc2c1)C(=O)N[C@@H](CCCN=C(N)N)C(=O)O)C(=O)[C@@H]1CCCN1. The number of nitrogens with one attached hydrogen (secondary N) is 4. The van der Waals surface area contributed by atoms with Gasteiger partial charge in [-0.25, -0.2) is 4.79 Å². The summed E-state index contributed by atoms with van der Waals surface area (Å²) in [6.07, 6.45) is 2.10. The molecule has 0 spiro atoms. The summed E-state index contributed by atoms with van der Waals surface area (Å²) in [5.74, 6) is -6.14. The van der Waals surface area contributed by atoms with E-state index in [4.69, 9.17) is 11.5 Å². The van der Waals surface area contributed by atoms with Gasteiger partial charge in [-0.3, -0.25) is 33.8 Å². The van der Waals surface area contributed by atoms with Gasteiger partial charge in [-0.1, -0.05) is 42.5 Å². The predicted octanol–water partition coefficient (Wildman–Crippen LogP) is -0.959. The summed E-state index contributed by atoms with van der Waals surface area (Å²) in [6.45, 7) is 0.477. The highest BCUT2D eigenvalue weighted by Gasteiger charge is 2.39. The molecule has 0 aliphatic carbocycles. The number of benzene rings is 2. The lowest BCUT2D eigenvalue weighted by atomic mass is 9.97. The first kappa shape index (κ1) is 42.0. The Morgan fingerprint density at radius 2 is 1.67 bits per heavy atom. The standard InChI is InChI=1S/C37H51N9O9/c1-45(34(52)25-10-6-15-40-25)21-30(47)42-28(20-31(48)49)35(53)46-17-5-4-12-29(46)33(51)44-27(19-22-13-14-23-8-2-3-9-24(23)18-22)32(50)43-26(36(54)55)11-7-16-41-37(38)39/h2-3,8-9,13-14,18,25-29,40H,4-7,10-12,15-17,19-21H2,1H3,(H,42,47)(H,43,50)(H,44,51)(H,48,49)(H,54,55)(H4,38,39,41)/t25-,26-,27-,28+,29-/m0/s1. The number of hydrogen-bond acceptors (Lipinski definition) is 9. The van der Waals surface area contributed by atoms with Crippen LogP contribution in [0.1, 0.15) is 56.9 Å². The minimum absolute atomic E-state index is 0.00247. The number of carbonyl (C=O) groups is 7. The Kier molecular flexibility index (Phi) is 15.3. The Bertz CT molecular complexity index is 1760. The van der Waals surface area contributed by atoms with Gasteiger partial charge in [0.1, 0.15) is 24.2 Å². The minimum Gasteiger partial charge on any atom is -0.481 e. The van der Waals surface area contributed by atoms with Crippen LogP contribution in [0.5, 0.6) is 0 Å². The summed E-state index contributed by atoms with van der Waals surface area (Å²) in [5, 5.41) is 32.1. The molecule has 0 aromatic heterocycles. The molecule has 0 unspecified atom stereocenters. The molecule has 298 valence electrons. The zero-order valence-electron chi connectivity index (χ0n) is 30.9. The van der Waals surface area contributed by atoms with E-state index in [1.54, 1.807) is 6.07 Å². The van der Waals surface area contributed by atoms with E-state index in [9.17, 15) is 43.8 Å².